The number of hydrogen-bond acceptors (Lipinski definition) is 3. The molecule has 116 valence electrons. The smallest absolute Gasteiger partial charge is 0.258 e. The Morgan fingerprint density at radius 2 is 2.14 bits per heavy atom. The lowest BCUT2D eigenvalue weighted by molar-refractivity contribution is -0.124. The maximum absolute atomic E-state index is 11.9. The SMILES string of the molecule is Cc1cc(OCC(=O)N[C@@H](C)[C@@H]2CCCO2)cc(C)c1Cl. The molecule has 0 saturated carbocycles. The van der Waals surface area contributed by atoms with Crippen molar-refractivity contribution in [3.8, 4) is 5.75 Å². The standard InChI is InChI=1S/C16H22ClNO3/c1-10-7-13(8-11(2)16(10)17)21-9-15(19)18-12(3)14-5-4-6-20-14/h7-8,12,14H,4-6,9H2,1-3H3,(H,18,19)/t12-,14-/m0/s1. The minimum atomic E-state index is -0.136. The zero-order chi connectivity index (χ0) is 15.4. The lowest BCUT2D eigenvalue weighted by atomic mass is 10.1. The van der Waals surface area contributed by atoms with Gasteiger partial charge in [0.05, 0.1) is 12.1 Å². The number of nitrogens with one attached hydrogen (secondary N) is 1. The van der Waals surface area contributed by atoms with Gasteiger partial charge in [-0.2, -0.15) is 0 Å². The van der Waals surface area contributed by atoms with Crippen molar-refractivity contribution in [1.29, 1.82) is 0 Å². The van der Waals surface area contributed by atoms with Gasteiger partial charge in [0.15, 0.2) is 6.61 Å². The number of carbonyl (C=O) groups is 1. The Morgan fingerprint density at radius 3 is 2.71 bits per heavy atom. The van der Waals surface area contributed by atoms with Gasteiger partial charge in [0, 0.05) is 11.6 Å². The largest absolute Gasteiger partial charge is 0.484 e. The van der Waals surface area contributed by atoms with Crippen LogP contribution in [-0.2, 0) is 9.53 Å². The molecule has 1 aliphatic heterocycles. The first-order valence-corrected chi connectivity index (χ1v) is 7.65. The van der Waals surface area contributed by atoms with E-state index in [-0.39, 0.29) is 24.7 Å². The molecule has 5 heteroatoms. The average Bonchev–Trinajstić information content (AvgIpc) is 2.96. The van der Waals surface area contributed by atoms with E-state index in [4.69, 9.17) is 21.1 Å². The van der Waals surface area contributed by atoms with Crippen molar-refractivity contribution >= 4 is 17.5 Å². The summed E-state index contributed by atoms with van der Waals surface area (Å²) in [6, 6.07) is 3.69. The number of aryl methyl sites for hydroxylation is 2. The Bertz CT molecular complexity index is 489. The topological polar surface area (TPSA) is 47.6 Å². The second kappa shape index (κ2) is 7.14. The first-order chi connectivity index (χ1) is 9.97. The van der Waals surface area contributed by atoms with Crippen LogP contribution in [0.1, 0.15) is 30.9 Å². The van der Waals surface area contributed by atoms with E-state index < -0.39 is 0 Å². The quantitative estimate of drug-likeness (QED) is 0.909. The fourth-order valence-corrected chi connectivity index (χ4v) is 2.63. The summed E-state index contributed by atoms with van der Waals surface area (Å²) in [5.41, 5.74) is 1.89. The third-order valence-electron chi connectivity index (χ3n) is 3.69. The van der Waals surface area contributed by atoms with Gasteiger partial charge in [-0.05, 0) is 56.9 Å². The number of rotatable bonds is 5. The molecule has 0 bridgehead atoms. The lowest BCUT2D eigenvalue weighted by Crippen LogP contribution is -2.42. The fraction of sp³-hybridized carbons (Fsp3) is 0.562. The molecular weight excluding hydrogens is 290 g/mol. The molecule has 1 aromatic rings. The van der Waals surface area contributed by atoms with Crippen LogP contribution < -0.4 is 10.1 Å². The summed E-state index contributed by atoms with van der Waals surface area (Å²) in [5, 5.41) is 3.65. The number of benzene rings is 1. The molecule has 1 amide bonds. The normalized spacial score (nSPS) is 19.3. The van der Waals surface area contributed by atoms with E-state index in [1.807, 2.05) is 32.9 Å². The molecule has 1 aliphatic rings. The highest BCUT2D eigenvalue weighted by molar-refractivity contribution is 6.32. The van der Waals surface area contributed by atoms with E-state index in [1.165, 1.54) is 0 Å². The van der Waals surface area contributed by atoms with Crippen molar-refractivity contribution in [2.75, 3.05) is 13.2 Å². The fourth-order valence-electron chi connectivity index (χ4n) is 2.52. The third-order valence-corrected chi connectivity index (χ3v) is 4.29. The first kappa shape index (κ1) is 16.1. The van der Waals surface area contributed by atoms with Gasteiger partial charge in [-0.1, -0.05) is 11.6 Å². The number of ether oxygens (including phenoxy) is 2. The third kappa shape index (κ3) is 4.35. The summed E-state index contributed by atoms with van der Waals surface area (Å²) >= 11 is 6.11. The highest BCUT2D eigenvalue weighted by atomic mass is 35.5. The number of hydrogen-bond donors (Lipinski definition) is 1. The predicted molar refractivity (Wildman–Crippen MR) is 83.0 cm³/mol. The molecule has 1 saturated heterocycles. The Morgan fingerprint density at radius 1 is 1.48 bits per heavy atom. The summed E-state index contributed by atoms with van der Waals surface area (Å²) in [5.74, 6) is 0.526. The molecule has 2 atom stereocenters. The van der Waals surface area contributed by atoms with Crippen LogP contribution in [-0.4, -0.2) is 31.3 Å². The van der Waals surface area contributed by atoms with Crippen molar-refractivity contribution in [3.05, 3.63) is 28.3 Å². The van der Waals surface area contributed by atoms with E-state index in [1.54, 1.807) is 0 Å². The van der Waals surface area contributed by atoms with Crippen LogP contribution in [0, 0.1) is 13.8 Å². The Labute approximate surface area is 130 Å². The van der Waals surface area contributed by atoms with Crippen molar-refractivity contribution in [2.24, 2.45) is 0 Å². The Hall–Kier alpha value is -1.26. The molecule has 0 spiro atoms. The van der Waals surface area contributed by atoms with Gasteiger partial charge >= 0.3 is 0 Å². The molecule has 1 N–H and O–H groups in total. The lowest BCUT2D eigenvalue weighted by Gasteiger charge is -2.20. The molecule has 4 nitrogen and oxygen atoms in total. The molecule has 2 rings (SSSR count). The van der Waals surface area contributed by atoms with E-state index in [9.17, 15) is 4.79 Å². The van der Waals surface area contributed by atoms with Crippen LogP contribution in [0.5, 0.6) is 5.75 Å². The Balaban J connectivity index is 1.83. The second-order valence-corrected chi connectivity index (χ2v) is 5.95. The maximum atomic E-state index is 11.9. The molecule has 1 heterocycles. The van der Waals surface area contributed by atoms with Gasteiger partial charge in [0.25, 0.3) is 5.91 Å². The molecule has 0 aromatic heterocycles. The molecule has 1 fully saturated rings. The van der Waals surface area contributed by atoms with Crippen LogP contribution in [0.4, 0.5) is 0 Å². The zero-order valence-corrected chi connectivity index (χ0v) is 13.5. The summed E-state index contributed by atoms with van der Waals surface area (Å²) < 4.78 is 11.1. The van der Waals surface area contributed by atoms with Crippen molar-refractivity contribution < 1.29 is 14.3 Å². The van der Waals surface area contributed by atoms with Gasteiger partial charge in [-0.25, -0.2) is 0 Å². The van der Waals surface area contributed by atoms with Crippen LogP contribution >= 0.6 is 11.6 Å². The summed E-state index contributed by atoms with van der Waals surface area (Å²) in [6.45, 7) is 6.58. The summed E-state index contributed by atoms with van der Waals surface area (Å²) in [4.78, 5) is 11.9. The van der Waals surface area contributed by atoms with Gasteiger partial charge in [-0.15, -0.1) is 0 Å². The highest BCUT2D eigenvalue weighted by Crippen LogP contribution is 2.25. The van der Waals surface area contributed by atoms with Crippen LogP contribution in [0.15, 0.2) is 12.1 Å². The maximum Gasteiger partial charge on any atom is 0.258 e. The molecule has 0 aliphatic carbocycles. The number of halogens is 1. The summed E-state index contributed by atoms with van der Waals surface area (Å²) in [7, 11) is 0. The molecule has 1 aromatic carbocycles. The molecular formula is C16H22ClNO3. The van der Waals surface area contributed by atoms with Gasteiger partial charge in [-0.3, -0.25) is 4.79 Å². The van der Waals surface area contributed by atoms with E-state index in [0.717, 1.165) is 35.6 Å². The van der Waals surface area contributed by atoms with E-state index >= 15 is 0 Å². The minimum Gasteiger partial charge on any atom is -0.484 e. The first-order valence-electron chi connectivity index (χ1n) is 7.28. The molecule has 0 unspecified atom stereocenters. The number of amides is 1. The van der Waals surface area contributed by atoms with Crippen LogP contribution in [0.2, 0.25) is 5.02 Å². The monoisotopic (exact) mass is 311 g/mol. The molecule has 0 radical (unpaired) electrons. The van der Waals surface area contributed by atoms with Crippen molar-refractivity contribution in [3.63, 3.8) is 0 Å². The Kier molecular flexibility index (Phi) is 5.48. The number of carbonyl (C=O) groups excluding carboxylic acids is 1. The minimum absolute atomic E-state index is 0.00241. The van der Waals surface area contributed by atoms with Crippen molar-refractivity contribution in [2.45, 2.75) is 45.8 Å². The van der Waals surface area contributed by atoms with Gasteiger partial charge < -0.3 is 14.8 Å². The summed E-state index contributed by atoms with van der Waals surface area (Å²) in [6.07, 6.45) is 2.18. The van der Waals surface area contributed by atoms with Crippen LogP contribution in [0.25, 0.3) is 0 Å². The van der Waals surface area contributed by atoms with Crippen LogP contribution in [0.3, 0.4) is 0 Å². The highest BCUT2D eigenvalue weighted by Gasteiger charge is 2.23. The average molecular weight is 312 g/mol. The van der Waals surface area contributed by atoms with Gasteiger partial charge in [0.2, 0.25) is 0 Å². The zero-order valence-electron chi connectivity index (χ0n) is 12.7. The van der Waals surface area contributed by atoms with E-state index in [0.29, 0.717) is 5.75 Å². The van der Waals surface area contributed by atoms with Crippen molar-refractivity contribution in [1.82, 2.24) is 5.32 Å². The molecule has 21 heavy (non-hydrogen) atoms. The second-order valence-electron chi connectivity index (χ2n) is 5.57. The van der Waals surface area contributed by atoms with Gasteiger partial charge in [0.1, 0.15) is 5.75 Å². The van der Waals surface area contributed by atoms with E-state index in [2.05, 4.69) is 5.32 Å². The predicted octanol–water partition coefficient (Wildman–Crippen LogP) is 3.02.